The molecule has 4 rings (SSSR count). The van der Waals surface area contributed by atoms with E-state index in [-0.39, 0.29) is 5.91 Å². The fraction of sp³-hybridized carbons (Fsp3) is 0.0833. The van der Waals surface area contributed by atoms with Gasteiger partial charge < -0.3 is 14.8 Å². The van der Waals surface area contributed by atoms with Crippen LogP contribution in [-0.2, 0) is 0 Å². The molecule has 4 aromatic rings. The first-order chi connectivity index (χ1) is 14.7. The molecule has 0 saturated carbocycles. The summed E-state index contributed by atoms with van der Waals surface area (Å²) in [5, 5.41) is 7.63. The number of carbonyl (C=O) groups is 1. The number of hydrogen-bond donors (Lipinski definition) is 1. The quantitative estimate of drug-likeness (QED) is 0.505. The van der Waals surface area contributed by atoms with Crippen molar-refractivity contribution in [3.63, 3.8) is 0 Å². The van der Waals surface area contributed by atoms with Crippen molar-refractivity contribution in [3.05, 3.63) is 90.6 Å². The van der Waals surface area contributed by atoms with Gasteiger partial charge in [0.05, 0.1) is 25.5 Å². The fourth-order valence-electron chi connectivity index (χ4n) is 3.14. The summed E-state index contributed by atoms with van der Waals surface area (Å²) < 4.78 is 12.3. The summed E-state index contributed by atoms with van der Waals surface area (Å²) in [7, 11) is 3.20. The highest BCUT2D eigenvalue weighted by atomic mass is 16.5. The van der Waals surface area contributed by atoms with E-state index in [1.807, 2.05) is 72.8 Å². The molecule has 1 heterocycles. The van der Waals surface area contributed by atoms with Gasteiger partial charge in [0.25, 0.3) is 5.91 Å². The zero-order valence-corrected chi connectivity index (χ0v) is 16.7. The lowest BCUT2D eigenvalue weighted by molar-refractivity contribution is 0.102. The molecule has 0 unspecified atom stereocenters. The van der Waals surface area contributed by atoms with E-state index in [0.717, 1.165) is 11.3 Å². The van der Waals surface area contributed by atoms with Gasteiger partial charge in [0, 0.05) is 23.5 Å². The van der Waals surface area contributed by atoms with Crippen LogP contribution in [0.2, 0.25) is 0 Å². The van der Waals surface area contributed by atoms with E-state index < -0.39 is 0 Å². The maximum Gasteiger partial charge on any atom is 0.259 e. The Balaban J connectivity index is 1.76. The van der Waals surface area contributed by atoms with Crippen molar-refractivity contribution in [1.82, 2.24) is 9.78 Å². The number of hydrogen-bond acceptors (Lipinski definition) is 4. The molecule has 1 amide bonds. The molecule has 3 aromatic carbocycles. The number of carbonyl (C=O) groups excluding carboxylic acids is 1. The summed E-state index contributed by atoms with van der Waals surface area (Å²) in [5.41, 5.74) is 3.32. The third kappa shape index (κ3) is 4.03. The van der Waals surface area contributed by atoms with Crippen LogP contribution >= 0.6 is 0 Å². The number of nitrogens with one attached hydrogen (secondary N) is 1. The van der Waals surface area contributed by atoms with Gasteiger partial charge in [-0.15, -0.1) is 0 Å². The Morgan fingerprint density at radius 1 is 0.867 bits per heavy atom. The van der Waals surface area contributed by atoms with Crippen LogP contribution in [0.1, 0.15) is 10.4 Å². The van der Waals surface area contributed by atoms with E-state index in [2.05, 4.69) is 5.32 Å². The molecular formula is C24H21N3O3. The number of anilines is 1. The predicted octanol–water partition coefficient (Wildman–Crippen LogP) is 4.81. The van der Waals surface area contributed by atoms with Crippen LogP contribution in [0.4, 0.5) is 5.69 Å². The first-order valence-electron chi connectivity index (χ1n) is 9.43. The van der Waals surface area contributed by atoms with Gasteiger partial charge in [0.15, 0.2) is 0 Å². The Labute approximate surface area is 174 Å². The number of aromatic nitrogens is 2. The van der Waals surface area contributed by atoms with Gasteiger partial charge in [-0.1, -0.05) is 36.4 Å². The highest BCUT2D eigenvalue weighted by Gasteiger charge is 2.19. The lowest BCUT2D eigenvalue weighted by Gasteiger charge is -2.08. The van der Waals surface area contributed by atoms with Crippen molar-refractivity contribution in [3.8, 4) is 28.4 Å². The van der Waals surface area contributed by atoms with E-state index in [4.69, 9.17) is 14.6 Å². The van der Waals surface area contributed by atoms with E-state index in [0.29, 0.717) is 28.4 Å². The number of nitrogens with zero attached hydrogens (tertiary/aromatic N) is 2. The van der Waals surface area contributed by atoms with Crippen LogP contribution in [0, 0.1) is 0 Å². The van der Waals surface area contributed by atoms with E-state index >= 15 is 0 Å². The second-order valence-corrected chi connectivity index (χ2v) is 6.59. The normalized spacial score (nSPS) is 10.5. The molecule has 0 radical (unpaired) electrons. The topological polar surface area (TPSA) is 65.4 Å². The number of amides is 1. The third-order valence-electron chi connectivity index (χ3n) is 4.65. The van der Waals surface area contributed by atoms with Gasteiger partial charge in [-0.3, -0.25) is 4.79 Å². The van der Waals surface area contributed by atoms with Crippen LogP contribution in [-0.4, -0.2) is 29.9 Å². The van der Waals surface area contributed by atoms with Crippen molar-refractivity contribution < 1.29 is 14.3 Å². The maximum absolute atomic E-state index is 13.2. The molecule has 0 atom stereocenters. The van der Waals surface area contributed by atoms with Gasteiger partial charge in [0.1, 0.15) is 17.2 Å². The Morgan fingerprint density at radius 2 is 1.57 bits per heavy atom. The van der Waals surface area contributed by atoms with Crippen molar-refractivity contribution in [2.45, 2.75) is 0 Å². The van der Waals surface area contributed by atoms with Gasteiger partial charge in [-0.25, -0.2) is 4.68 Å². The summed E-state index contributed by atoms with van der Waals surface area (Å²) >= 11 is 0. The molecule has 0 fully saturated rings. The SMILES string of the molecule is COc1cccc(NC(=O)c2cn(-c3ccccc3)nc2-c2cccc(OC)c2)c1. The second-order valence-electron chi connectivity index (χ2n) is 6.59. The van der Waals surface area contributed by atoms with Gasteiger partial charge >= 0.3 is 0 Å². The smallest absolute Gasteiger partial charge is 0.259 e. The van der Waals surface area contributed by atoms with E-state index in [1.54, 1.807) is 31.2 Å². The van der Waals surface area contributed by atoms with Gasteiger partial charge in [-0.05, 0) is 36.4 Å². The van der Waals surface area contributed by atoms with Crippen LogP contribution in [0.25, 0.3) is 16.9 Å². The maximum atomic E-state index is 13.2. The molecule has 0 aliphatic rings. The van der Waals surface area contributed by atoms with E-state index in [1.165, 1.54) is 0 Å². The van der Waals surface area contributed by atoms with Crippen LogP contribution in [0.5, 0.6) is 11.5 Å². The number of rotatable bonds is 6. The summed E-state index contributed by atoms with van der Waals surface area (Å²) in [5.74, 6) is 1.10. The van der Waals surface area contributed by atoms with Crippen molar-refractivity contribution >= 4 is 11.6 Å². The molecule has 1 aromatic heterocycles. The minimum atomic E-state index is -0.261. The minimum Gasteiger partial charge on any atom is -0.497 e. The number of ether oxygens (including phenoxy) is 2. The Hall–Kier alpha value is -4.06. The highest BCUT2D eigenvalue weighted by Crippen LogP contribution is 2.28. The predicted molar refractivity (Wildman–Crippen MR) is 116 cm³/mol. The average molecular weight is 399 g/mol. The fourth-order valence-corrected chi connectivity index (χ4v) is 3.14. The van der Waals surface area contributed by atoms with Crippen molar-refractivity contribution in [2.75, 3.05) is 19.5 Å². The highest BCUT2D eigenvalue weighted by molar-refractivity contribution is 6.08. The number of para-hydroxylation sites is 1. The van der Waals surface area contributed by atoms with Crippen LogP contribution < -0.4 is 14.8 Å². The second kappa shape index (κ2) is 8.53. The molecule has 6 heteroatoms. The summed E-state index contributed by atoms with van der Waals surface area (Å²) in [4.78, 5) is 13.2. The molecule has 0 spiro atoms. The standard InChI is InChI=1S/C24H21N3O3/c1-29-20-12-6-8-17(14-20)23-22(16-27(26-23)19-10-4-3-5-11-19)24(28)25-18-9-7-13-21(15-18)30-2/h3-16H,1-2H3,(H,25,28). The molecule has 1 N–H and O–H groups in total. The first-order valence-corrected chi connectivity index (χ1v) is 9.43. The molecule has 0 saturated heterocycles. The zero-order chi connectivity index (χ0) is 20.9. The van der Waals surface area contributed by atoms with Gasteiger partial charge in [0.2, 0.25) is 0 Å². The lowest BCUT2D eigenvalue weighted by Crippen LogP contribution is -2.12. The number of methoxy groups -OCH3 is 2. The first kappa shape index (κ1) is 19.3. The lowest BCUT2D eigenvalue weighted by atomic mass is 10.1. The van der Waals surface area contributed by atoms with Crippen LogP contribution in [0.15, 0.2) is 85.1 Å². The molecule has 0 aliphatic carbocycles. The molecule has 0 bridgehead atoms. The molecule has 150 valence electrons. The van der Waals surface area contributed by atoms with Crippen LogP contribution in [0.3, 0.4) is 0 Å². The Bertz CT molecular complexity index is 1170. The van der Waals surface area contributed by atoms with Gasteiger partial charge in [-0.2, -0.15) is 5.10 Å². The average Bonchev–Trinajstić information content (AvgIpc) is 3.26. The minimum absolute atomic E-state index is 0.261. The summed E-state index contributed by atoms with van der Waals surface area (Å²) in [6.07, 6.45) is 1.74. The molecule has 30 heavy (non-hydrogen) atoms. The molecular weight excluding hydrogens is 378 g/mol. The molecule has 0 aliphatic heterocycles. The molecule has 6 nitrogen and oxygen atoms in total. The van der Waals surface area contributed by atoms with Crippen molar-refractivity contribution in [1.29, 1.82) is 0 Å². The Kier molecular flexibility index (Phi) is 5.48. The van der Waals surface area contributed by atoms with Crippen molar-refractivity contribution in [2.24, 2.45) is 0 Å². The largest absolute Gasteiger partial charge is 0.497 e. The number of benzene rings is 3. The summed E-state index contributed by atoms with van der Waals surface area (Å²) in [6, 6.07) is 24.4. The zero-order valence-electron chi connectivity index (χ0n) is 16.7. The van der Waals surface area contributed by atoms with E-state index in [9.17, 15) is 4.79 Å². The monoisotopic (exact) mass is 399 g/mol. The summed E-state index contributed by atoms with van der Waals surface area (Å²) in [6.45, 7) is 0. The third-order valence-corrected chi connectivity index (χ3v) is 4.65. The Morgan fingerprint density at radius 3 is 2.30 bits per heavy atom.